The lowest BCUT2D eigenvalue weighted by Crippen LogP contribution is -2.37. The van der Waals surface area contributed by atoms with Crippen molar-refractivity contribution in [1.29, 1.82) is 5.26 Å². The quantitative estimate of drug-likeness (QED) is 0.652. The van der Waals surface area contributed by atoms with Crippen LogP contribution in [0.5, 0.6) is 0 Å². The van der Waals surface area contributed by atoms with Gasteiger partial charge in [-0.3, -0.25) is 0 Å². The molecular formula is C10H7F6N. The number of halogens is 6. The van der Waals surface area contributed by atoms with Crippen LogP contribution < -0.4 is 0 Å². The van der Waals surface area contributed by atoms with Gasteiger partial charge in [-0.2, -0.15) is 31.6 Å². The fourth-order valence-corrected chi connectivity index (χ4v) is 1.47. The second-order valence-corrected chi connectivity index (χ2v) is 3.68. The van der Waals surface area contributed by atoms with E-state index in [2.05, 4.69) is 0 Å². The van der Waals surface area contributed by atoms with Crippen molar-refractivity contribution in [3.63, 3.8) is 0 Å². The van der Waals surface area contributed by atoms with Crippen LogP contribution in [0.25, 0.3) is 0 Å². The van der Waals surface area contributed by atoms with Gasteiger partial charge in [-0.1, -0.05) is 18.2 Å². The summed E-state index contributed by atoms with van der Waals surface area (Å²) >= 11 is 0. The molecule has 1 unspecified atom stereocenters. The van der Waals surface area contributed by atoms with Crippen LogP contribution >= 0.6 is 0 Å². The maximum absolute atomic E-state index is 12.7. The van der Waals surface area contributed by atoms with Crippen LogP contribution in [-0.4, -0.2) is 12.4 Å². The molecule has 0 N–H and O–H groups in total. The first-order chi connectivity index (χ1) is 7.62. The average Bonchev–Trinajstić information content (AvgIpc) is 2.15. The Kier molecular flexibility index (Phi) is 3.28. The first-order valence-electron chi connectivity index (χ1n) is 4.53. The maximum atomic E-state index is 12.7. The van der Waals surface area contributed by atoms with Crippen LogP contribution in [0, 0.1) is 16.7 Å². The number of alkyl halides is 6. The molecule has 0 bridgehead atoms. The van der Waals surface area contributed by atoms with E-state index in [1.807, 2.05) is 0 Å². The zero-order chi connectivity index (χ0) is 13.3. The van der Waals surface area contributed by atoms with Gasteiger partial charge in [0.05, 0.1) is 18.1 Å². The van der Waals surface area contributed by atoms with E-state index in [9.17, 15) is 26.3 Å². The molecule has 0 amide bonds. The van der Waals surface area contributed by atoms with Crippen molar-refractivity contribution in [2.75, 3.05) is 0 Å². The van der Waals surface area contributed by atoms with Gasteiger partial charge < -0.3 is 0 Å². The number of hydrogen-bond acceptors (Lipinski definition) is 1. The molecule has 7 heteroatoms. The van der Waals surface area contributed by atoms with Crippen LogP contribution in [0.3, 0.4) is 0 Å². The lowest BCUT2D eigenvalue weighted by molar-refractivity contribution is -0.204. The fourth-order valence-electron chi connectivity index (χ4n) is 1.47. The van der Waals surface area contributed by atoms with Gasteiger partial charge in [0.1, 0.15) is 5.41 Å². The molecule has 0 spiro atoms. The van der Waals surface area contributed by atoms with E-state index in [1.54, 1.807) is 0 Å². The summed E-state index contributed by atoms with van der Waals surface area (Å²) in [5.41, 5.74) is -3.62. The fraction of sp³-hybridized carbons (Fsp3) is 0.500. The van der Waals surface area contributed by atoms with E-state index < -0.39 is 36.2 Å². The first-order valence-corrected chi connectivity index (χ1v) is 4.53. The minimum Gasteiger partial charge on any atom is -0.198 e. The highest BCUT2D eigenvalue weighted by Gasteiger charge is 2.53. The average molecular weight is 255 g/mol. The summed E-state index contributed by atoms with van der Waals surface area (Å²) in [4.78, 5) is 0. The lowest BCUT2D eigenvalue weighted by Gasteiger charge is -2.32. The summed E-state index contributed by atoms with van der Waals surface area (Å²) in [6, 6.07) is 1.36. The molecule has 0 heterocycles. The van der Waals surface area contributed by atoms with Crippen LogP contribution in [0.15, 0.2) is 23.8 Å². The number of allylic oxidation sites excluding steroid dienone is 4. The van der Waals surface area contributed by atoms with Crippen LogP contribution in [-0.2, 0) is 0 Å². The molecule has 1 atom stereocenters. The Hall–Kier alpha value is -1.45. The molecule has 0 aromatic rings. The molecule has 1 aliphatic rings. The van der Waals surface area contributed by atoms with Crippen LogP contribution in [0.1, 0.15) is 12.8 Å². The van der Waals surface area contributed by atoms with Crippen molar-refractivity contribution in [2.24, 2.45) is 5.41 Å². The molecule has 0 aliphatic heterocycles. The summed E-state index contributed by atoms with van der Waals surface area (Å²) in [6.45, 7) is 0. The zero-order valence-corrected chi connectivity index (χ0v) is 8.36. The van der Waals surface area contributed by atoms with E-state index in [1.165, 1.54) is 6.07 Å². The zero-order valence-electron chi connectivity index (χ0n) is 8.36. The van der Waals surface area contributed by atoms with E-state index in [0.717, 1.165) is 0 Å². The van der Waals surface area contributed by atoms with E-state index in [4.69, 9.17) is 5.26 Å². The second kappa shape index (κ2) is 4.09. The highest BCUT2D eigenvalue weighted by Crippen LogP contribution is 2.48. The van der Waals surface area contributed by atoms with Gasteiger partial charge >= 0.3 is 12.4 Å². The minimum atomic E-state index is -4.74. The highest BCUT2D eigenvalue weighted by atomic mass is 19.4. The molecule has 0 fully saturated rings. The molecule has 0 radical (unpaired) electrons. The Labute approximate surface area is 93.0 Å². The lowest BCUT2D eigenvalue weighted by atomic mass is 9.77. The topological polar surface area (TPSA) is 23.8 Å². The Morgan fingerprint density at radius 2 is 1.82 bits per heavy atom. The van der Waals surface area contributed by atoms with E-state index >= 15 is 0 Å². The predicted octanol–water partition coefficient (Wildman–Crippen LogP) is 3.90. The molecule has 0 aromatic carbocycles. The maximum Gasteiger partial charge on any atom is 0.416 e. The number of nitriles is 1. The Bertz CT molecular complexity index is 394. The normalized spacial score (nSPS) is 25.4. The van der Waals surface area contributed by atoms with Crippen LogP contribution in [0.2, 0.25) is 0 Å². The predicted molar refractivity (Wildman–Crippen MR) is 46.6 cm³/mol. The Balaban J connectivity index is 3.03. The summed E-state index contributed by atoms with van der Waals surface area (Å²) < 4.78 is 74.7. The van der Waals surface area contributed by atoms with Gasteiger partial charge in [0, 0.05) is 0 Å². The van der Waals surface area contributed by atoms with Gasteiger partial charge in [0.2, 0.25) is 0 Å². The number of nitrogens with zero attached hydrogens (tertiary/aromatic N) is 1. The van der Waals surface area contributed by atoms with E-state index in [0.29, 0.717) is 18.2 Å². The molecule has 94 valence electrons. The summed E-state index contributed by atoms with van der Waals surface area (Å²) in [7, 11) is 0. The van der Waals surface area contributed by atoms with E-state index in [-0.39, 0.29) is 0 Å². The largest absolute Gasteiger partial charge is 0.416 e. The van der Waals surface area contributed by atoms with Crippen molar-refractivity contribution >= 4 is 0 Å². The smallest absolute Gasteiger partial charge is 0.198 e. The van der Waals surface area contributed by atoms with Crippen molar-refractivity contribution in [1.82, 2.24) is 0 Å². The van der Waals surface area contributed by atoms with Crippen LogP contribution in [0.4, 0.5) is 26.3 Å². The SMILES string of the molecule is N#CCC1(C(F)(F)F)C=CC(C(F)(F)F)=CC1. The van der Waals surface area contributed by atoms with Crippen molar-refractivity contribution in [3.05, 3.63) is 23.8 Å². The molecule has 0 saturated heterocycles. The monoisotopic (exact) mass is 255 g/mol. The summed E-state index contributed by atoms with van der Waals surface area (Å²) in [5.74, 6) is 0. The molecule has 0 aromatic heterocycles. The molecule has 0 saturated carbocycles. The first kappa shape index (κ1) is 13.6. The molecule has 1 aliphatic carbocycles. The summed E-state index contributed by atoms with van der Waals surface area (Å²) in [5, 5.41) is 8.35. The third-order valence-corrected chi connectivity index (χ3v) is 2.55. The summed E-state index contributed by atoms with van der Waals surface area (Å²) in [6.07, 6.45) is -9.88. The molecular weight excluding hydrogens is 248 g/mol. The third-order valence-electron chi connectivity index (χ3n) is 2.55. The molecule has 17 heavy (non-hydrogen) atoms. The second-order valence-electron chi connectivity index (χ2n) is 3.68. The van der Waals surface area contributed by atoms with Crippen molar-refractivity contribution in [3.8, 4) is 6.07 Å². The van der Waals surface area contributed by atoms with Gasteiger partial charge in [0.15, 0.2) is 0 Å². The molecule has 1 nitrogen and oxygen atoms in total. The standard InChI is InChI=1S/C10H7F6N/c11-9(12,13)7-1-3-8(4-2-7,5-6-17)10(14,15)16/h1-3H,4-5H2. The van der Waals surface area contributed by atoms with Crippen molar-refractivity contribution in [2.45, 2.75) is 25.2 Å². The van der Waals surface area contributed by atoms with Gasteiger partial charge in [-0.25, -0.2) is 0 Å². The Morgan fingerprint density at radius 3 is 2.12 bits per heavy atom. The highest BCUT2D eigenvalue weighted by molar-refractivity contribution is 5.32. The van der Waals surface area contributed by atoms with Gasteiger partial charge in [-0.15, -0.1) is 0 Å². The van der Waals surface area contributed by atoms with Gasteiger partial charge in [0.25, 0.3) is 0 Å². The van der Waals surface area contributed by atoms with Gasteiger partial charge in [-0.05, 0) is 6.42 Å². The number of hydrogen-bond donors (Lipinski definition) is 0. The third kappa shape index (κ3) is 2.62. The Morgan fingerprint density at radius 1 is 1.24 bits per heavy atom. The number of rotatable bonds is 1. The molecule has 1 rings (SSSR count). The van der Waals surface area contributed by atoms with Crippen molar-refractivity contribution < 1.29 is 26.3 Å². The minimum absolute atomic E-state index is 0.383.